The maximum absolute atomic E-state index is 13.3. The van der Waals surface area contributed by atoms with Crippen molar-refractivity contribution in [3.63, 3.8) is 0 Å². The van der Waals surface area contributed by atoms with Crippen LogP contribution in [0.25, 0.3) is 0 Å². The third-order valence-corrected chi connectivity index (χ3v) is 4.58. The van der Waals surface area contributed by atoms with Gasteiger partial charge in [-0.1, -0.05) is 11.6 Å². The van der Waals surface area contributed by atoms with Crippen LogP contribution in [0, 0.1) is 15.9 Å². The summed E-state index contributed by atoms with van der Waals surface area (Å²) in [5.74, 6) is -2.54. The number of nitrogens with one attached hydrogen (secondary N) is 1. The Morgan fingerprint density at radius 1 is 1.25 bits per heavy atom. The molecule has 2 N–H and O–H groups in total. The molecule has 8 nitrogen and oxygen atoms in total. The summed E-state index contributed by atoms with van der Waals surface area (Å²) in [5.41, 5.74) is -1.59. The quantitative estimate of drug-likeness (QED) is 0.612. The second kappa shape index (κ2) is 6.42. The molecular weight excluding hydrogens is 367 g/mol. The van der Waals surface area contributed by atoms with Gasteiger partial charge in [-0.15, -0.1) is 0 Å². The Kier molecular flexibility index (Phi) is 4.71. The smallest absolute Gasteiger partial charge is 0.337 e. The van der Waals surface area contributed by atoms with E-state index in [4.69, 9.17) is 16.7 Å². The van der Waals surface area contributed by atoms with E-state index in [1.807, 2.05) is 4.72 Å². The number of hydrogen-bond donors (Lipinski definition) is 2. The number of anilines is 1. The molecule has 0 bridgehead atoms. The van der Waals surface area contributed by atoms with Crippen LogP contribution in [0.15, 0.2) is 41.3 Å². The second-order valence-corrected chi connectivity index (χ2v) is 6.57. The van der Waals surface area contributed by atoms with Gasteiger partial charge in [0.25, 0.3) is 10.0 Å². The van der Waals surface area contributed by atoms with Crippen molar-refractivity contribution in [2.24, 2.45) is 0 Å². The van der Waals surface area contributed by atoms with Gasteiger partial charge < -0.3 is 5.11 Å². The molecule has 0 saturated heterocycles. The van der Waals surface area contributed by atoms with Gasteiger partial charge in [-0.05, 0) is 30.3 Å². The van der Waals surface area contributed by atoms with E-state index in [-0.39, 0.29) is 10.7 Å². The minimum atomic E-state index is -4.26. The van der Waals surface area contributed by atoms with E-state index in [1.54, 1.807) is 0 Å². The number of sulfonamides is 1. The highest BCUT2D eigenvalue weighted by atomic mass is 35.5. The first-order valence-electron chi connectivity index (χ1n) is 6.11. The van der Waals surface area contributed by atoms with Crippen LogP contribution in [0.5, 0.6) is 0 Å². The number of hydrogen-bond acceptors (Lipinski definition) is 5. The molecule has 11 heteroatoms. The molecule has 2 aromatic rings. The largest absolute Gasteiger partial charge is 0.478 e. The van der Waals surface area contributed by atoms with E-state index in [0.717, 1.165) is 30.3 Å². The number of nitro groups is 1. The van der Waals surface area contributed by atoms with Crippen molar-refractivity contribution in [2.75, 3.05) is 4.72 Å². The van der Waals surface area contributed by atoms with Crippen molar-refractivity contribution in [3.05, 3.63) is 62.9 Å². The van der Waals surface area contributed by atoms with Gasteiger partial charge in [0.1, 0.15) is 0 Å². The number of carboxylic acids is 1. The summed E-state index contributed by atoms with van der Waals surface area (Å²) >= 11 is 5.66. The summed E-state index contributed by atoms with van der Waals surface area (Å²) in [5, 5.41) is 19.5. The number of nitro benzene ring substituents is 1. The average molecular weight is 375 g/mol. The van der Waals surface area contributed by atoms with Gasteiger partial charge in [0.05, 0.1) is 26.1 Å². The van der Waals surface area contributed by atoms with Gasteiger partial charge in [0.15, 0.2) is 0 Å². The number of halogens is 2. The maximum Gasteiger partial charge on any atom is 0.337 e. The van der Waals surface area contributed by atoms with Crippen LogP contribution in [0.1, 0.15) is 10.4 Å². The first-order valence-corrected chi connectivity index (χ1v) is 7.97. The zero-order valence-corrected chi connectivity index (χ0v) is 13.1. The van der Waals surface area contributed by atoms with E-state index < -0.39 is 42.9 Å². The van der Waals surface area contributed by atoms with Crippen molar-refractivity contribution >= 4 is 39.0 Å². The summed E-state index contributed by atoms with van der Waals surface area (Å²) in [7, 11) is -4.26. The number of nitrogens with zero attached hydrogens (tertiary/aromatic N) is 1. The SMILES string of the molecule is O=C(O)c1cc(S(=O)(=O)Nc2ccc(F)c([N+](=O)[O-])c2)ccc1Cl. The first-order chi connectivity index (χ1) is 11.1. The predicted molar refractivity (Wildman–Crippen MR) is 82.3 cm³/mol. The molecule has 0 aliphatic heterocycles. The van der Waals surface area contributed by atoms with Crippen molar-refractivity contribution in [3.8, 4) is 0 Å². The Morgan fingerprint density at radius 3 is 2.50 bits per heavy atom. The molecule has 0 radical (unpaired) electrons. The molecule has 0 aliphatic carbocycles. The predicted octanol–water partition coefficient (Wildman–Crippen LogP) is 2.89. The lowest BCUT2D eigenvalue weighted by atomic mass is 10.2. The standard InChI is InChI=1S/C13H8ClFN2O6S/c14-10-3-2-8(6-9(10)13(18)19)24(22,23)16-7-1-4-11(15)12(5-7)17(20)21/h1-6,16H,(H,18,19). The summed E-state index contributed by atoms with van der Waals surface area (Å²) in [4.78, 5) is 20.3. The molecule has 24 heavy (non-hydrogen) atoms. The fraction of sp³-hybridized carbons (Fsp3) is 0. The Hall–Kier alpha value is -2.72. The molecule has 0 atom stereocenters. The Balaban J connectivity index is 2.42. The van der Waals surface area contributed by atoms with Crippen molar-refractivity contribution in [1.82, 2.24) is 0 Å². The van der Waals surface area contributed by atoms with E-state index in [9.17, 15) is 27.7 Å². The van der Waals surface area contributed by atoms with Crippen LogP contribution < -0.4 is 4.72 Å². The van der Waals surface area contributed by atoms with Crippen LogP contribution in [-0.2, 0) is 10.0 Å². The molecule has 0 aliphatic rings. The van der Waals surface area contributed by atoms with Gasteiger partial charge in [-0.3, -0.25) is 14.8 Å². The van der Waals surface area contributed by atoms with Crippen LogP contribution in [0.3, 0.4) is 0 Å². The lowest BCUT2D eigenvalue weighted by Gasteiger charge is -2.09. The lowest BCUT2D eigenvalue weighted by molar-refractivity contribution is -0.387. The molecule has 0 heterocycles. The summed E-state index contributed by atoms with van der Waals surface area (Å²) in [6.07, 6.45) is 0. The van der Waals surface area contributed by atoms with E-state index in [2.05, 4.69) is 0 Å². The van der Waals surface area contributed by atoms with Crippen molar-refractivity contribution in [1.29, 1.82) is 0 Å². The maximum atomic E-state index is 13.3. The molecule has 0 aromatic heterocycles. The monoisotopic (exact) mass is 374 g/mol. The van der Waals surface area contributed by atoms with Crippen LogP contribution in [-0.4, -0.2) is 24.4 Å². The number of aromatic carboxylic acids is 1. The zero-order valence-electron chi connectivity index (χ0n) is 11.6. The lowest BCUT2D eigenvalue weighted by Crippen LogP contribution is -2.14. The fourth-order valence-corrected chi connectivity index (χ4v) is 3.04. The van der Waals surface area contributed by atoms with Gasteiger partial charge >= 0.3 is 11.7 Å². The number of carbonyl (C=O) groups is 1. The van der Waals surface area contributed by atoms with Gasteiger partial charge in [-0.25, -0.2) is 13.2 Å². The van der Waals surface area contributed by atoms with E-state index in [1.165, 1.54) is 0 Å². The Morgan fingerprint density at radius 2 is 1.92 bits per heavy atom. The molecule has 126 valence electrons. The van der Waals surface area contributed by atoms with Gasteiger partial charge in [0.2, 0.25) is 5.82 Å². The fourth-order valence-electron chi connectivity index (χ4n) is 1.77. The second-order valence-electron chi connectivity index (χ2n) is 4.48. The van der Waals surface area contributed by atoms with Crippen LogP contribution in [0.2, 0.25) is 5.02 Å². The summed E-state index contributed by atoms with van der Waals surface area (Å²) in [6.45, 7) is 0. The normalized spacial score (nSPS) is 11.1. The highest BCUT2D eigenvalue weighted by Gasteiger charge is 2.21. The minimum Gasteiger partial charge on any atom is -0.478 e. The first kappa shape index (κ1) is 17.6. The molecule has 2 rings (SSSR count). The number of carboxylic acid groups (broad SMARTS) is 1. The highest BCUT2D eigenvalue weighted by molar-refractivity contribution is 7.92. The average Bonchev–Trinajstić information content (AvgIpc) is 2.48. The molecular formula is C13H8ClFN2O6S. The Labute approximate surface area is 139 Å². The molecule has 0 fully saturated rings. The molecule has 0 saturated carbocycles. The van der Waals surface area contributed by atoms with Crippen molar-refractivity contribution < 1.29 is 27.6 Å². The summed E-state index contributed by atoms with van der Waals surface area (Å²) < 4.78 is 39.8. The zero-order chi connectivity index (χ0) is 18.1. The summed E-state index contributed by atoms with van der Waals surface area (Å²) in [6, 6.07) is 5.43. The van der Waals surface area contributed by atoms with Crippen molar-refractivity contribution in [2.45, 2.75) is 4.90 Å². The molecule has 2 aromatic carbocycles. The van der Waals surface area contributed by atoms with E-state index >= 15 is 0 Å². The minimum absolute atomic E-state index is 0.154. The third kappa shape index (κ3) is 3.60. The van der Waals surface area contributed by atoms with Crippen LogP contribution in [0.4, 0.5) is 15.8 Å². The van der Waals surface area contributed by atoms with Crippen LogP contribution >= 0.6 is 11.6 Å². The van der Waals surface area contributed by atoms with Gasteiger partial charge in [-0.2, -0.15) is 4.39 Å². The topological polar surface area (TPSA) is 127 Å². The van der Waals surface area contributed by atoms with Gasteiger partial charge in [0, 0.05) is 6.07 Å². The third-order valence-electron chi connectivity index (χ3n) is 2.87. The number of rotatable bonds is 5. The highest BCUT2D eigenvalue weighted by Crippen LogP contribution is 2.25. The molecule has 0 amide bonds. The molecule has 0 unspecified atom stereocenters. The number of benzene rings is 2. The Bertz CT molecular complexity index is 947. The van der Waals surface area contributed by atoms with E-state index in [0.29, 0.717) is 6.07 Å². The molecule has 0 spiro atoms.